The third-order valence-corrected chi connectivity index (χ3v) is 8.72. The largest absolute Gasteiger partial charge is 0.356 e. The summed E-state index contributed by atoms with van der Waals surface area (Å²) in [7, 11) is 6.47. The SMILES string of the molecule is CC(CCCCNC(=O)CCSSc1ccccn1)NC(=O)CCSSc1ccccn1. The van der Waals surface area contributed by atoms with Crippen molar-refractivity contribution in [3.05, 3.63) is 48.8 Å². The van der Waals surface area contributed by atoms with E-state index in [0.717, 1.165) is 40.8 Å². The zero-order chi connectivity index (χ0) is 22.9. The van der Waals surface area contributed by atoms with E-state index in [2.05, 4.69) is 20.6 Å². The van der Waals surface area contributed by atoms with Crippen molar-refractivity contribution < 1.29 is 9.59 Å². The van der Waals surface area contributed by atoms with Gasteiger partial charge in [-0.3, -0.25) is 9.59 Å². The number of amides is 2. The summed E-state index contributed by atoms with van der Waals surface area (Å²) in [4.78, 5) is 32.4. The quantitative estimate of drug-likeness (QED) is 0.235. The minimum atomic E-state index is 0.0843. The zero-order valence-electron chi connectivity index (χ0n) is 18.2. The Kier molecular flexibility index (Phi) is 14.4. The van der Waals surface area contributed by atoms with Crippen LogP contribution in [0.3, 0.4) is 0 Å². The van der Waals surface area contributed by atoms with Crippen LogP contribution in [0.25, 0.3) is 0 Å². The number of pyridine rings is 2. The zero-order valence-corrected chi connectivity index (χ0v) is 21.5. The number of hydrogen-bond acceptors (Lipinski definition) is 8. The van der Waals surface area contributed by atoms with Gasteiger partial charge in [0.1, 0.15) is 10.1 Å². The lowest BCUT2D eigenvalue weighted by Crippen LogP contribution is -2.32. The van der Waals surface area contributed by atoms with Gasteiger partial charge in [0, 0.05) is 49.3 Å². The Balaban J connectivity index is 1.40. The van der Waals surface area contributed by atoms with Gasteiger partial charge < -0.3 is 10.6 Å². The first-order valence-electron chi connectivity index (χ1n) is 10.6. The molecule has 0 aliphatic carbocycles. The van der Waals surface area contributed by atoms with Crippen molar-refractivity contribution in [2.24, 2.45) is 0 Å². The molecule has 1 atom stereocenters. The van der Waals surface area contributed by atoms with E-state index in [-0.39, 0.29) is 17.9 Å². The second-order valence-electron chi connectivity index (χ2n) is 6.96. The molecular formula is C22H30N4O2S4. The average Bonchev–Trinajstić information content (AvgIpc) is 2.81. The van der Waals surface area contributed by atoms with Gasteiger partial charge in [0.15, 0.2) is 0 Å². The van der Waals surface area contributed by atoms with E-state index >= 15 is 0 Å². The van der Waals surface area contributed by atoms with E-state index in [1.54, 1.807) is 55.6 Å². The summed E-state index contributed by atoms with van der Waals surface area (Å²) in [5.41, 5.74) is 0. The molecule has 32 heavy (non-hydrogen) atoms. The van der Waals surface area contributed by atoms with Crippen molar-refractivity contribution in [1.82, 2.24) is 20.6 Å². The van der Waals surface area contributed by atoms with E-state index in [1.165, 1.54) is 0 Å². The van der Waals surface area contributed by atoms with Gasteiger partial charge in [-0.25, -0.2) is 9.97 Å². The molecule has 0 aromatic carbocycles. The number of unbranched alkanes of at least 4 members (excludes halogenated alkanes) is 1. The second-order valence-corrected chi connectivity index (χ2v) is 11.8. The summed E-state index contributed by atoms with van der Waals surface area (Å²) < 4.78 is 0. The Bertz CT molecular complexity index is 784. The van der Waals surface area contributed by atoms with E-state index in [4.69, 9.17) is 0 Å². The van der Waals surface area contributed by atoms with Crippen molar-refractivity contribution in [2.75, 3.05) is 18.1 Å². The van der Waals surface area contributed by atoms with Crippen molar-refractivity contribution in [3.8, 4) is 0 Å². The molecule has 0 spiro atoms. The van der Waals surface area contributed by atoms with E-state index in [1.807, 2.05) is 43.3 Å². The third-order valence-electron chi connectivity index (χ3n) is 4.18. The van der Waals surface area contributed by atoms with Gasteiger partial charge in [0.25, 0.3) is 0 Å². The van der Waals surface area contributed by atoms with Crippen molar-refractivity contribution >= 4 is 55.0 Å². The maximum Gasteiger partial charge on any atom is 0.221 e. The summed E-state index contributed by atoms with van der Waals surface area (Å²) in [5, 5.41) is 7.94. The molecule has 2 heterocycles. The fourth-order valence-electron chi connectivity index (χ4n) is 2.58. The first-order valence-corrected chi connectivity index (χ1v) is 15.2. The lowest BCUT2D eigenvalue weighted by molar-refractivity contribution is -0.121. The van der Waals surface area contributed by atoms with Crippen LogP contribution in [0, 0.1) is 0 Å². The van der Waals surface area contributed by atoms with Crippen LogP contribution in [-0.4, -0.2) is 45.9 Å². The molecule has 2 rings (SSSR count). The molecule has 0 radical (unpaired) electrons. The highest BCUT2D eigenvalue weighted by atomic mass is 33.1. The molecule has 0 aliphatic rings. The first kappa shape index (κ1) is 26.9. The van der Waals surface area contributed by atoms with Gasteiger partial charge in [-0.05, 0) is 72.0 Å². The maximum absolute atomic E-state index is 12.0. The number of nitrogens with zero attached hydrogens (tertiary/aromatic N) is 2. The number of rotatable bonds is 16. The molecule has 2 aromatic heterocycles. The molecule has 0 bridgehead atoms. The van der Waals surface area contributed by atoms with Crippen LogP contribution in [0.15, 0.2) is 58.8 Å². The molecule has 10 heteroatoms. The molecular weight excluding hydrogens is 481 g/mol. The van der Waals surface area contributed by atoms with Crippen molar-refractivity contribution in [1.29, 1.82) is 0 Å². The van der Waals surface area contributed by atoms with Crippen LogP contribution >= 0.6 is 43.2 Å². The van der Waals surface area contributed by atoms with Crippen LogP contribution in [-0.2, 0) is 9.59 Å². The Labute approximate surface area is 206 Å². The van der Waals surface area contributed by atoms with E-state index in [0.29, 0.717) is 19.4 Å². The fourth-order valence-corrected chi connectivity index (χ4v) is 6.31. The van der Waals surface area contributed by atoms with Crippen molar-refractivity contribution in [2.45, 2.75) is 55.1 Å². The Morgan fingerprint density at radius 3 is 2.03 bits per heavy atom. The van der Waals surface area contributed by atoms with Crippen LogP contribution < -0.4 is 10.6 Å². The van der Waals surface area contributed by atoms with E-state index in [9.17, 15) is 9.59 Å². The van der Waals surface area contributed by atoms with Gasteiger partial charge in [0.05, 0.1) is 0 Å². The Morgan fingerprint density at radius 1 is 0.875 bits per heavy atom. The summed E-state index contributed by atoms with van der Waals surface area (Å²) >= 11 is 0. The van der Waals surface area contributed by atoms with Gasteiger partial charge in [0.2, 0.25) is 11.8 Å². The molecule has 174 valence electrons. The predicted molar refractivity (Wildman–Crippen MR) is 139 cm³/mol. The minimum Gasteiger partial charge on any atom is -0.356 e. The topological polar surface area (TPSA) is 84.0 Å². The van der Waals surface area contributed by atoms with Gasteiger partial charge in [-0.1, -0.05) is 33.7 Å². The van der Waals surface area contributed by atoms with Gasteiger partial charge in [-0.2, -0.15) is 0 Å². The lowest BCUT2D eigenvalue weighted by atomic mass is 10.1. The molecule has 0 aliphatic heterocycles. The summed E-state index contributed by atoms with van der Waals surface area (Å²) in [6.45, 7) is 2.71. The van der Waals surface area contributed by atoms with E-state index < -0.39 is 0 Å². The van der Waals surface area contributed by atoms with Crippen LogP contribution in [0.1, 0.15) is 39.0 Å². The molecule has 1 unspecified atom stereocenters. The third kappa shape index (κ3) is 13.2. The number of carbonyl (C=O) groups excluding carboxylic acids is 2. The van der Waals surface area contributed by atoms with Crippen LogP contribution in [0.5, 0.6) is 0 Å². The molecule has 0 saturated heterocycles. The first-order chi connectivity index (χ1) is 15.6. The second kappa shape index (κ2) is 17.2. The normalized spacial score (nSPS) is 11.7. The number of hydrogen-bond donors (Lipinski definition) is 2. The summed E-state index contributed by atoms with van der Waals surface area (Å²) in [5.74, 6) is 1.68. The maximum atomic E-state index is 12.0. The summed E-state index contributed by atoms with van der Waals surface area (Å²) in [6.07, 6.45) is 7.34. The fraction of sp³-hybridized carbons (Fsp3) is 0.455. The molecule has 0 fully saturated rings. The highest BCUT2D eigenvalue weighted by molar-refractivity contribution is 8.77. The van der Waals surface area contributed by atoms with Crippen LogP contribution in [0.2, 0.25) is 0 Å². The predicted octanol–water partition coefficient (Wildman–Crippen LogP) is 5.23. The highest BCUT2D eigenvalue weighted by Gasteiger charge is 2.08. The Hall–Kier alpha value is -1.36. The molecule has 2 N–H and O–H groups in total. The smallest absolute Gasteiger partial charge is 0.221 e. The molecule has 6 nitrogen and oxygen atoms in total. The standard InChI is InChI=1S/C22H30N4O2S4/c1-18(26-20(28)12-17-30-32-22-10-4-7-15-25-22)8-2-5-13-23-19(27)11-16-29-31-21-9-3-6-14-24-21/h3-4,6-7,9-10,14-15,18H,2,5,8,11-13,16-17H2,1H3,(H,23,27)(H,26,28). The number of carbonyl (C=O) groups is 2. The molecule has 2 aromatic rings. The van der Waals surface area contributed by atoms with Gasteiger partial charge in [-0.15, -0.1) is 0 Å². The monoisotopic (exact) mass is 510 g/mol. The lowest BCUT2D eigenvalue weighted by Gasteiger charge is -2.14. The highest BCUT2D eigenvalue weighted by Crippen LogP contribution is 2.29. The summed E-state index contributed by atoms with van der Waals surface area (Å²) in [6, 6.07) is 11.8. The van der Waals surface area contributed by atoms with Gasteiger partial charge >= 0.3 is 0 Å². The number of nitrogens with one attached hydrogen (secondary N) is 2. The Morgan fingerprint density at radius 2 is 1.47 bits per heavy atom. The van der Waals surface area contributed by atoms with Crippen molar-refractivity contribution in [3.63, 3.8) is 0 Å². The minimum absolute atomic E-state index is 0.0843. The number of aromatic nitrogens is 2. The average molecular weight is 511 g/mol. The van der Waals surface area contributed by atoms with Crippen LogP contribution in [0.4, 0.5) is 0 Å². The molecule has 0 saturated carbocycles. The molecule has 2 amide bonds.